The third kappa shape index (κ3) is 3.09. The van der Waals surface area contributed by atoms with Crippen molar-refractivity contribution in [1.29, 1.82) is 0 Å². The summed E-state index contributed by atoms with van der Waals surface area (Å²) >= 11 is 0. The van der Waals surface area contributed by atoms with Crippen molar-refractivity contribution in [2.24, 2.45) is 23.7 Å². The van der Waals surface area contributed by atoms with E-state index in [0.717, 1.165) is 36.5 Å². The quantitative estimate of drug-likeness (QED) is 0.531. The Labute approximate surface area is 189 Å². The van der Waals surface area contributed by atoms with Gasteiger partial charge in [-0.05, 0) is 112 Å². The van der Waals surface area contributed by atoms with E-state index in [-0.39, 0.29) is 23.1 Å². The standard InChI is InChI=1S/C28H32O4/c1-27(15-17-9-11-19(27)13-17)31-25(29)23-7-3-6-22-21(23)5-4-8-24(22)26(30)32-28(2)16-18-10-12-20(28)14-18/h3-8,17-20H,9-16H2,1-2H3/t17-,18-,19+,20+,27+,28+/m1/s1. The molecular weight excluding hydrogens is 400 g/mol. The minimum atomic E-state index is -0.366. The van der Waals surface area contributed by atoms with Gasteiger partial charge in [0.05, 0.1) is 11.1 Å². The first-order chi connectivity index (χ1) is 15.3. The van der Waals surface area contributed by atoms with Gasteiger partial charge >= 0.3 is 11.9 Å². The highest BCUT2D eigenvalue weighted by atomic mass is 16.6. The number of rotatable bonds is 4. The molecule has 0 saturated heterocycles. The van der Waals surface area contributed by atoms with Gasteiger partial charge in [-0.2, -0.15) is 0 Å². The third-order valence-electron chi connectivity index (χ3n) is 9.21. The number of ether oxygens (including phenoxy) is 2. The highest BCUT2D eigenvalue weighted by Gasteiger charge is 2.51. The monoisotopic (exact) mass is 432 g/mol. The van der Waals surface area contributed by atoms with Gasteiger partial charge in [0.2, 0.25) is 0 Å². The summed E-state index contributed by atoms with van der Waals surface area (Å²) in [5, 5.41) is 1.52. The molecule has 6 rings (SSSR count). The SMILES string of the molecule is C[C@]1(OC(=O)c2cccc3c(C(=O)O[C@@]4(C)C[C@@H]5CC[C@H]4C5)cccc23)C[C@@H]2CC[C@H]1C2. The van der Waals surface area contributed by atoms with Crippen LogP contribution in [-0.4, -0.2) is 23.1 Å². The minimum Gasteiger partial charge on any atom is -0.455 e. The molecule has 0 unspecified atom stereocenters. The zero-order valence-corrected chi connectivity index (χ0v) is 19.1. The summed E-state index contributed by atoms with van der Waals surface area (Å²) in [6, 6.07) is 11.1. The van der Waals surface area contributed by atoms with Crippen molar-refractivity contribution < 1.29 is 19.1 Å². The Morgan fingerprint density at radius 2 is 1.16 bits per heavy atom. The van der Waals surface area contributed by atoms with Crippen molar-refractivity contribution in [2.75, 3.05) is 0 Å². The predicted octanol–water partition coefficient (Wildman–Crippen LogP) is 6.31. The second kappa shape index (κ2) is 7.07. The normalized spacial score (nSPS) is 37.2. The Hall–Kier alpha value is -2.36. The summed E-state index contributed by atoms with van der Waals surface area (Å²) in [6.07, 6.45) is 9.11. The molecule has 0 radical (unpaired) electrons. The lowest BCUT2D eigenvalue weighted by Crippen LogP contribution is -2.37. The molecule has 4 heteroatoms. The van der Waals surface area contributed by atoms with Gasteiger partial charge in [-0.15, -0.1) is 0 Å². The Bertz CT molecular complexity index is 1020. The molecule has 4 aliphatic rings. The molecule has 32 heavy (non-hydrogen) atoms. The molecule has 4 fully saturated rings. The Kier molecular flexibility index (Phi) is 4.48. The van der Waals surface area contributed by atoms with Crippen LogP contribution in [0.2, 0.25) is 0 Å². The van der Waals surface area contributed by atoms with Crippen molar-refractivity contribution in [3.05, 3.63) is 47.5 Å². The molecular formula is C28H32O4. The molecule has 2 aromatic rings. The highest BCUT2D eigenvalue weighted by molar-refractivity contribution is 6.11. The van der Waals surface area contributed by atoms with Crippen LogP contribution < -0.4 is 0 Å². The van der Waals surface area contributed by atoms with Gasteiger partial charge in [0.1, 0.15) is 11.2 Å². The predicted molar refractivity (Wildman–Crippen MR) is 122 cm³/mol. The number of fused-ring (bicyclic) bond motifs is 5. The van der Waals surface area contributed by atoms with Gasteiger partial charge in [-0.1, -0.05) is 24.3 Å². The van der Waals surface area contributed by atoms with E-state index < -0.39 is 0 Å². The van der Waals surface area contributed by atoms with Crippen LogP contribution in [0.1, 0.15) is 85.9 Å². The summed E-state index contributed by atoms with van der Waals surface area (Å²) in [7, 11) is 0. The number of carbonyl (C=O) groups excluding carboxylic acids is 2. The van der Waals surface area contributed by atoms with Crippen LogP contribution in [0.25, 0.3) is 10.8 Å². The lowest BCUT2D eigenvalue weighted by molar-refractivity contribution is -0.0378. The first-order valence-corrected chi connectivity index (χ1v) is 12.3. The van der Waals surface area contributed by atoms with Crippen molar-refractivity contribution in [2.45, 2.75) is 76.4 Å². The van der Waals surface area contributed by atoms with E-state index in [2.05, 4.69) is 13.8 Å². The molecule has 0 N–H and O–H groups in total. The van der Waals surface area contributed by atoms with Crippen LogP contribution in [0.4, 0.5) is 0 Å². The fourth-order valence-electron chi connectivity index (χ4n) is 7.56. The fourth-order valence-corrected chi connectivity index (χ4v) is 7.56. The summed E-state index contributed by atoms with van der Waals surface area (Å²) in [5.74, 6) is 1.77. The van der Waals surface area contributed by atoms with Crippen molar-refractivity contribution in [3.63, 3.8) is 0 Å². The largest absolute Gasteiger partial charge is 0.455 e. The maximum Gasteiger partial charge on any atom is 0.339 e. The van der Waals surface area contributed by atoms with Gasteiger partial charge in [0.25, 0.3) is 0 Å². The molecule has 0 amide bonds. The number of carbonyl (C=O) groups is 2. The average molecular weight is 433 g/mol. The van der Waals surface area contributed by atoms with E-state index >= 15 is 0 Å². The average Bonchev–Trinajstić information content (AvgIpc) is 3.53. The van der Waals surface area contributed by atoms with Crippen LogP contribution in [0.15, 0.2) is 36.4 Å². The zero-order chi connectivity index (χ0) is 22.1. The summed E-state index contributed by atoms with van der Waals surface area (Å²) < 4.78 is 12.3. The molecule has 0 heterocycles. The highest BCUT2D eigenvalue weighted by Crippen LogP contribution is 2.53. The maximum absolute atomic E-state index is 13.3. The molecule has 168 valence electrons. The Morgan fingerprint density at radius 1 is 0.719 bits per heavy atom. The number of esters is 2. The van der Waals surface area contributed by atoms with Crippen molar-refractivity contribution >= 4 is 22.7 Å². The first kappa shape index (κ1) is 20.3. The van der Waals surface area contributed by atoms with Gasteiger partial charge < -0.3 is 9.47 Å². The van der Waals surface area contributed by atoms with E-state index in [9.17, 15) is 9.59 Å². The lowest BCUT2D eigenvalue weighted by Gasteiger charge is -2.34. The van der Waals surface area contributed by atoms with E-state index in [4.69, 9.17) is 9.47 Å². The number of hydrogen-bond acceptors (Lipinski definition) is 4. The second-order valence-electron chi connectivity index (χ2n) is 11.3. The molecule has 4 bridgehead atoms. The van der Waals surface area contributed by atoms with Crippen LogP contribution in [0.3, 0.4) is 0 Å². The molecule has 4 aliphatic carbocycles. The molecule has 6 atom stereocenters. The van der Waals surface area contributed by atoms with Gasteiger partial charge in [0.15, 0.2) is 0 Å². The fraction of sp³-hybridized carbons (Fsp3) is 0.571. The maximum atomic E-state index is 13.3. The Balaban J connectivity index is 1.28. The smallest absolute Gasteiger partial charge is 0.339 e. The molecule has 0 aliphatic heterocycles. The van der Waals surface area contributed by atoms with E-state index in [0.29, 0.717) is 34.8 Å². The number of benzene rings is 2. The van der Waals surface area contributed by atoms with E-state index in [1.165, 1.54) is 25.7 Å². The lowest BCUT2D eigenvalue weighted by atomic mass is 9.85. The van der Waals surface area contributed by atoms with Crippen LogP contribution in [0, 0.1) is 23.7 Å². The molecule has 0 spiro atoms. The van der Waals surface area contributed by atoms with E-state index in [1.54, 1.807) is 0 Å². The summed E-state index contributed by atoms with van der Waals surface area (Å²) in [6.45, 7) is 4.19. The van der Waals surface area contributed by atoms with Crippen LogP contribution >= 0.6 is 0 Å². The van der Waals surface area contributed by atoms with Gasteiger partial charge in [-0.25, -0.2) is 9.59 Å². The van der Waals surface area contributed by atoms with Gasteiger partial charge in [0, 0.05) is 0 Å². The third-order valence-corrected chi connectivity index (χ3v) is 9.21. The van der Waals surface area contributed by atoms with Crippen molar-refractivity contribution in [3.8, 4) is 0 Å². The van der Waals surface area contributed by atoms with Crippen molar-refractivity contribution in [1.82, 2.24) is 0 Å². The minimum absolute atomic E-state index is 0.281. The zero-order valence-electron chi connectivity index (χ0n) is 19.1. The second-order valence-corrected chi connectivity index (χ2v) is 11.3. The van der Waals surface area contributed by atoms with E-state index in [1.807, 2.05) is 36.4 Å². The first-order valence-electron chi connectivity index (χ1n) is 12.3. The summed E-state index contributed by atoms with van der Waals surface area (Å²) in [5.41, 5.74) is 0.337. The Morgan fingerprint density at radius 3 is 1.50 bits per heavy atom. The topological polar surface area (TPSA) is 52.6 Å². The van der Waals surface area contributed by atoms with Crippen LogP contribution in [0.5, 0.6) is 0 Å². The molecule has 4 saturated carbocycles. The van der Waals surface area contributed by atoms with Crippen LogP contribution in [-0.2, 0) is 9.47 Å². The van der Waals surface area contributed by atoms with Gasteiger partial charge in [-0.3, -0.25) is 0 Å². The summed E-state index contributed by atoms with van der Waals surface area (Å²) in [4.78, 5) is 26.5. The molecule has 0 aromatic heterocycles. The molecule has 2 aromatic carbocycles. The molecule has 4 nitrogen and oxygen atoms in total. The number of hydrogen-bond donors (Lipinski definition) is 0.